The number of phenols is 2. The van der Waals surface area contributed by atoms with E-state index in [4.69, 9.17) is 21.7 Å². The first kappa shape index (κ1) is 23.7. The molecule has 0 aromatic heterocycles. The summed E-state index contributed by atoms with van der Waals surface area (Å²) in [5, 5.41) is 17.8. The van der Waals surface area contributed by atoms with E-state index < -0.39 is 0 Å². The van der Waals surface area contributed by atoms with Gasteiger partial charge in [0, 0.05) is 17.4 Å². The number of anilines is 2. The second-order valence-electron chi connectivity index (χ2n) is 4.98. The van der Waals surface area contributed by atoms with Crippen LogP contribution in [-0.2, 0) is 17.4 Å². The maximum absolute atomic E-state index is 10.1. The summed E-state index contributed by atoms with van der Waals surface area (Å²) in [5.74, 6) is 0.0694. The zero-order chi connectivity index (χ0) is 19.4. The Bertz CT molecular complexity index is 786. The molecule has 0 saturated carbocycles. The Labute approximate surface area is 168 Å². The van der Waals surface area contributed by atoms with E-state index in [0.717, 1.165) is 0 Å². The number of carbonyl (C=O) groups excluding carboxylic acids is 2. The summed E-state index contributed by atoms with van der Waals surface area (Å²) in [7, 11) is 0. The fraction of sp³-hybridized carbons (Fsp3) is 0. The van der Waals surface area contributed by atoms with E-state index in [1.807, 2.05) is 12.1 Å². The molecule has 3 rings (SSSR count). The molecule has 0 unspecified atom stereocenters. The van der Waals surface area contributed by atoms with Crippen molar-refractivity contribution >= 4 is 23.9 Å². The van der Waals surface area contributed by atoms with Crippen molar-refractivity contribution in [2.75, 3.05) is 11.5 Å². The van der Waals surface area contributed by atoms with Gasteiger partial charge in [0.1, 0.15) is 11.5 Å². The van der Waals surface area contributed by atoms with Crippen molar-refractivity contribution in [3.8, 4) is 11.5 Å². The van der Waals surface area contributed by atoms with Gasteiger partial charge in [-0.1, -0.05) is 36.4 Å². The Balaban J connectivity index is 0.000000369. The van der Waals surface area contributed by atoms with Crippen molar-refractivity contribution < 1.29 is 37.2 Å². The van der Waals surface area contributed by atoms with Gasteiger partial charge in [-0.3, -0.25) is 9.59 Å². The molecule has 0 saturated heterocycles. The minimum atomic E-state index is 0. The van der Waals surface area contributed by atoms with Gasteiger partial charge in [0.2, 0.25) is 0 Å². The van der Waals surface area contributed by atoms with Crippen LogP contribution in [0.2, 0.25) is 0 Å². The number of benzene rings is 3. The number of aldehydes is 2. The van der Waals surface area contributed by atoms with Crippen LogP contribution in [0.5, 0.6) is 11.5 Å². The van der Waals surface area contributed by atoms with E-state index in [-0.39, 0.29) is 28.9 Å². The number of phenolic OH excluding ortho intramolecular Hbond substituents is 2. The number of nitrogen functional groups attached to an aromatic ring is 2. The first-order chi connectivity index (χ1) is 12.5. The molecule has 0 aliphatic heterocycles. The molecule has 0 aliphatic carbocycles. The number of hydrogen-bond donors (Lipinski definition) is 4. The molecule has 140 valence electrons. The number of aromatic hydroxyl groups is 2. The maximum atomic E-state index is 10.1. The Morgan fingerprint density at radius 1 is 0.593 bits per heavy atom. The first-order valence-corrected chi connectivity index (χ1v) is 7.56. The Kier molecular flexibility index (Phi) is 11.4. The molecular formula is C20H20CrN2O4. The molecule has 6 N–H and O–H groups in total. The standard InChI is InChI=1S/2C7H6O2.C6H8N2.Cr/c2*8-5-6-3-1-2-4-7(6)9;7-5-3-1-2-4-6(5)8;/h2*1-5,9H;1-4H,7-8H2;. The molecular weight excluding hydrogens is 384 g/mol. The molecule has 6 nitrogen and oxygen atoms in total. The minimum absolute atomic E-state index is 0. The summed E-state index contributed by atoms with van der Waals surface area (Å²) in [6.45, 7) is 0. The first-order valence-electron chi connectivity index (χ1n) is 7.56. The average molecular weight is 404 g/mol. The Hall–Kier alpha value is -3.27. The number of carbonyl (C=O) groups is 2. The van der Waals surface area contributed by atoms with Gasteiger partial charge in [0.05, 0.1) is 22.5 Å². The molecule has 0 fully saturated rings. The van der Waals surface area contributed by atoms with Crippen LogP contribution >= 0.6 is 0 Å². The predicted octanol–water partition coefficient (Wildman–Crippen LogP) is 3.26. The predicted molar refractivity (Wildman–Crippen MR) is 102 cm³/mol. The van der Waals surface area contributed by atoms with Crippen LogP contribution in [0.15, 0.2) is 72.8 Å². The van der Waals surface area contributed by atoms with Crippen LogP contribution in [0.25, 0.3) is 0 Å². The van der Waals surface area contributed by atoms with Gasteiger partial charge in [-0.05, 0) is 36.4 Å². The molecule has 0 bridgehead atoms. The molecule has 0 heterocycles. The maximum Gasteiger partial charge on any atom is 0.153 e. The summed E-state index contributed by atoms with van der Waals surface area (Å²) >= 11 is 0. The largest absolute Gasteiger partial charge is 0.507 e. The second-order valence-corrected chi connectivity index (χ2v) is 4.98. The third-order valence-corrected chi connectivity index (χ3v) is 3.12. The number of nitrogens with two attached hydrogens (primary N) is 2. The SMILES string of the molecule is Nc1ccccc1N.O=Cc1ccccc1O.O=Cc1ccccc1O.[Cr]. The molecule has 3 aromatic carbocycles. The monoisotopic (exact) mass is 404 g/mol. The molecule has 27 heavy (non-hydrogen) atoms. The van der Waals surface area contributed by atoms with Crippen LogP contribution in [0.1, 0.15) is 20.7 Å². The number of para-hydroxylation sites is 4. The second kappa shape index (κ2) is 13.0. The summed E-state index contributed by atoms with van der Waals surface area (Å²) in [5.41, 5.74) is 12.7. The van der Waals surface area contributed by atoms with Crippen molar-refractivity contribution in [1.82, 2.24) is 0 Å². The molecule has 0 amide bonds. The Morgan fingerprint density at radius 3 is 1.11 bits per heavy atom. The third-order valence-electron chi connectivity index (χ3n) is 3.12. The number of rotatable bonds is 2. The fourth-order valence-electron chi connectivity index (χ4n) is 1.69. The normalized spacial score (nSPS) is 8.59. The van der Waals surface area contributed by atoms with E-state index in [1.165, 1.54) is 12.1 Å². The van der Waals surface area contributed by atoms with Gasteiger partial charge in [0.15, 0.2) is 12.6 Å². The number of hydrogen-bond acceptors (Lipinski definition) is 6. The molecule has 0 aliphatic rings. The van der Waals surface area contributed by atoms with Crippen LogP contribution < -0.4 is 11.5 Å². The Morgan fingerprint density at radius 2 is 0.889 bits per heavy atom. The van der Waals surface area contributed by atoms with Crippen LogP contribution in [-0.4, -0.2) is 22.8 Å². The molecule has 7 heteroatoms. The zero-order valence-corrected chi connectivity index (χ0v) is 15.6. The van der Waals surface area contributed by atoms with E-state index in [1.54, 1.807) is 48.5 Å². The molecule has 0 atom stereocenters. The third kappa shape index (κ3) is 8.59. The molecule has 3 aromatic rings. The van der Waals surface area contributed by atoms with Gasteiger partial charge in [-0.15, -0.1) is 0 Å². The van der Waals surface area contributed by atoms with Gasteiger partial charge < -0.3 is 21.7 Å². The van der Waals surface area contributed by atoms with Gasteiger partial charge >= 0.3 is 0 Å². The van der Waals surface area contributed by atoms with Crippen molar-refractivity contribution in [2.24, 2.45) is 0 Å². The van der Waals surface area contributed by atoms with Gasteiger partial charge in [-0.2, -0.15) is 0 Å². The fourth-order valence-corrected chi connectivity index (χ4v) is 1.69. The average Bonchev–Trinajstić information content (AvgIpc) is 2.66. The van der Waals surface area contributed by atoms with Gasteiger partial charge in [0.25, 0.3) is 0 Å². The van der Waals surface area contributed by atoms with Crippen LogP contribution in [0.3, 0.4) is 0 Å². The van der Waals surface area contributed by atoms with E-state index in [2.05, 4.69) is 0 Å². The van der Waals surface area contributed by atoms with Crippen molar-refractivity contribution in [2.45, 2.75) is 0 Å². The van der Waals surface area contributed by atoms with E-state index in [0.29, 0.717) is 35.1 Å². The van der Waals surface area contributed by atoms with Crippen molar-refractivity contribution in [3.05, 3.63) is 83.9 Å². The minimum Gasteiger partial charge on any atom is -0.507 e. The van der Waals surface area contributed by atoms with E-state index >= 15 is 0 Å². The van der Waals surface area contributed by atoms with Crippen molar-refractivity contribution in [1.29, 1.82) is 0 Å². The topological polar surface area (TPSA) is 127 Å². The van der Waals surface area contributed by atoms with Crippen LogP contribution in [0, 0.1) is 0 Å². The summed E-state index contributed by atoms with van der Waals surface area (Å²) in [6, 6.07) is 20.1. The zero-order valence-electron chi connectivity index (χ0n) is 14.4. The van der Waals surface area contributed by atoms with Gasteiger partial charge in [-0.25, -0.2) is 0 Å². The summed E-state index contributed by atoms with van der Waals surface area (Å²) in [4.78, 5) is 20.1. The molecule has 0 spiro atoms. The van der Waals surface area contributed by atoms with Crippen molar-refractivity contribution in [3.63, 3.8) is 0 Å². The smallest absolute Gasteiger partial charge is 0.153 e. The summed E-state index contributed by atoms with van der Waals surface area (Å²) < 4.78 is 0. The van der Waals surface area contributed by atoms with E-state index in [9.17, 15) is 9.59 Å². The quantitative estimate of drug-likeness (QED) is 0.384. The molecule has 0 radical (unpaired) electrons. The summed E-state index contributed by atoms with van der Waals surface area (Å²) in [6.07, 6.45) is 1.24. The van der Waals surface area contributed by atoms with Crippen LogP contribution in [0.4, 0.5) is 11.4 Å².